The highest BCUT2D eigenvalue weighted by atomic mass is 15.0. The first kappa shape index (κ1) is 10.4. The van der Waals surface area contributed by atoms with Gasteiger partial charge in [0, 0.05) is 23.8 Å². The second kappa shape index (κ2) is 4.57. The van der Waals surface area contributed by atoms with Gasteiger partial charge in [-0.15, -0.1) is 0 Å². The number of hydrogen-bond donors (Lipinski definition) is 2. The van der Waals surface area contributed by atoms with Crippen molar-refractivity contribution >= 4 is 5.82 Å². The van der Waals surface area contributed by atoms with E-state index in [0.717, 1.165) is 31.6 Å². The number of hydrogen-bond acceptors (Lipinski definition) is 4. The van der Waals surface area contributed by atoms with Crippen LogP contribution in [0.15, 0.2) is 6.33 Å². The topological polar surface area (TPSA) is 63.8 Å². The SMILES string of the molecule is CC(N)CCNc1ncnc2c1CCC2. The standard InChI is InChI=1S/C11H18N4/c1-8(12)5-6-13-11-9-3-2-4-10(9)14-7-15-11/h7-8H,2-6,12H2,1H3,(H,13,14,15). The van der Waals surface area contributed by atoms with Gasteiger partial charge >= 0.3 is 0 Å². The van der Waals surface area contributed by atoms with Crippen LogP contribution in [0.1, 0.15) is 31.0 Å². The van der Waals surface area contributed by atoms with Gasteiger partial charge in [-0.1, -0.05) is 0 Å². The summed E-state index contributed by atoms with van der Waals surface area (Å²) in [5, 5.41) is 3.35. The van der Waals surface area contributed by atoms with Crippen molar-refractivity contribution in [2.75, 3.05) is 11.9 Å². The van der Waals surface area contributed by atoms with E-state index < -0.39 is 0 Å². The first-order valence-electron chi connectivity index (χ1n) is 5.59. The van der Waals surface area contributed by atoms with E-state index in [2.05, 4.69) is 15.3 Å². The molecule has 4 heteroatoms. The molecule has 1 heterocycles. The van der Waals surface area contributed by atoms with Crippen LogP contribution in [0, 0.1) is 0 Å². The molecule has 0 amide bonds. The summed E-state index contributed by atoms with van der Waals surface area (Å²) >= 11 is 0. The maximum absolute atomic E-state index is 5.70. The van der Waals surface area contributed by atoms with Gasteiger partial charge in [0.15, 0.2) is 0 Å². The van der Waals surface area contributed by atoms with Crippen LogP contribution in [0.5, 0.6) is 0 Å². The molecule has 15 heavy (non-hydrogen) atoms. The Labute approximate surface area is 90.3 Å². The molecule has 3 N–H and O–H groups in total. The van der Waals surface area contributed by atoms with Gasteiger partial charge in [0.25, 0.3) is 0 Å². The van der Waals surface area contributed by atoms with Crippen molar-refractivity contribution in [3.63, 3.8) is 0 Å². The molecule has 82 valence electrons. The molecule has 2 rings (SSSR count). The first-order chi connectivity index (χ1) is 7.27. The van der Waals surface area contributed by atoms with Crippen molar-refractivity contribution in [1.29, 1.82) is 0 Å². The van der Waals surface area contributed by atoms with Crippen molar-refractivity contribution < 1.29 is 0 Å². The Morgan fingerprint density at radius 2 is 2.33 bits per heavy atom. The van der Waals surface area contributed by atoms with Crippen LogP contribution in [-0.2, 0) is 12.8 Å². The maximum atomic E-state index is 5.70. The van der Waals surface area contributed by atoms with Crippen LogP contribution in [0.25, 0.3) is 0 Å². The van der Waals surface area contributed by atoms with Crippen molar-refractivity contribution in [3.8, 4) is 0 Å². The Kier molecular flexibility index (Phi) is 3.16. The van der Waals surface area contributed by atoms with Crippen LogP contribution in [0.2, 0.25) is 0 Å². The fourth-order valence-electron chi connectivity index (χ4n) is 1.93. The highest BCUT2D eigenvalue weighted by molar-refractivity contribution is 5.47. The molecule has 0 saturated heterocycles. The second-order valence-corrected chi connectivity index (χ2v) is 4.19. The van der Waals surface area contributed by atoms with E-state index in [4.69, 9.17) is 5.73 Å². The summed E-state index contributed by atoms with van der Waals surface area (Å²) in [5.74, 6) is 1.01. The summed E-state index contributed by atoms with van der Waals surface area (Å²) < 4.78 is 0. The average Bonchev–Trinajstić information content (AvgIpc) is 2.65. The van der Waals surface area contributed by atoms with Crippen LogP contribution in [-0.4, -0.2) is 22.6 Å². The molecule has 0 saturated carbocycles. The number of nitrogens with two attached hydrogens (primary N) is 1. The molecule has 1 aromatic rings. The lowest BCUT2D eigenvalue weighted by Crippen LogP contribution is -2.19. The van der Waals surface area contributed by atoms with Gasteiger partial charge in [-0.2, -0.15) is 0 Å². The van der Waals surface area contributed by atoms with Gasteiger partial charge in [-0.25, -0.2) is 9.97 Å². The molecule has 4 nitrogen and oxygen atoms in total. The zero-order valence-electron chi connectivity index (χ0n) is 9.16. The number of anilines is 1. The van der Waals surface area contributed by atoms with Gasteiger partial charge in [-0.05, 0) is 32.6 Å². The summed E-state index contributed by atoms with van der Waals surface area (Å²) in [5.41, 5.74) is 8.22. The quantitative estimate of drug-likeness (QED) is 0.774. The minimum Gasteiger partial charge on any atom is -0.370 e. The minimum atomic E-state index is 0.243. The van der Waals surface area contributed by atoms with Crippen molar-refractivity contribution in [3.05, 3.63) is 17.6 Å². The van der Waals surface area contributed by atoms with Crippen molar-refractivity contribution in [2.45, 2.75) is 38.6 Å². The van der Waals surface area contributed by atoms with E-state index in [1.165, 1.54) is 17.7 Å². The van der Waals surface area contributed by atoms with E-state index in [9.17, 15) is 0 Å². The molecule has 0 aromatic carbocycles. The number of aromatic nitrogens is 2. The number of aryl methyl sites for hydroxylation is 1. The van der Waals surface area contributed by atoms with Gasteiger partial charge in [-0.3, -0.25) is 0 Å². The zero-order valence-corrected chi connectivity index (χ0v) is 9.16. The Bertz CT molecular complexity index is 335. The monoisotopic (exact) mass is 206 g/mol. The number of nitrogens with one attached hydrogen (secondary N) is 1. The normalized spacial score (nSPS) is 16.1. The molecule has 0 radical (unpaired) electrons. The molecular formula is C11H18N4. The molecular weight excluding hydrogens is 188 g/mol. The third kappa shape index (κ3) is 2.45. The van der Waals surface area contributed by atoms with E-state index in [1.807, 2.05) is 6.92 Å². The number of fused-ring (bicyclic) bond motifs is 1. The van der Waals surface area contributed by atoms with Gasteiger partial charge in [0.1, 0.15) is 12.1 Å². The lowest BCUT2D eigenvalue weighted by Gasteiger charge is -2.10. The average molecular weight is 206 g/mol. The number of nitrogens with zero attached hydrogens (tertiary/aromatic N) is 2. The van der Waals surface area contributed by atoms with E-state index in [0.29, 0.717) is 0 Å². The zero-order chi connectivity index (χ0) is 10.7. The Morgan fingerprint density at radius 3 is 3.13 bits per heavy atom. The van der Waals surface area contributed by atoms with E-state index in [-0.39, 0.29) is 6.04 Å². The van der Waals surface area contributed by atoms with Crippen LogP contribution >= 0.6 is 0 Å². The largest absolute Gasteiger partial charge is 0.370 e. The highest BCUT2D eigenvalue weighted by Gasteiger charge is 2.16. The Hall–Kier alpha value is -1.16. The van der Waals surface area contributed by atoms with Crippen LogP contribution in [0.4, 0.5) is 5.82 Å². The fraction of sp³-hybridized carbons (Fsp3) is 0.636. The van der Waals surface area contributed by atoms with E-state index >= 15 is 0 Å². The molecule has 1 aromatic heterocycles. The number of rotatable bonds is 4. The summed E-state index contributed by atoms with van der Waals surface area (Å²) in [6.07, 6.45) is 6.03. The predicted molar refractivity (Wildman–Crippen MR) is 60.8 cm³/mol. The van der Waals surface area contributed by atoms with E-state index in [1.54, 1.807) is 6.33 Å². The minimum absolute atomic E-state index is 0.243. The molecule has 1 atom stereocenters. The van der Waals surface area contributed by atoms with Crippen LogP contribution in [0.3, 0.4) is 0 Å². The van der Waals surface area contributed by atoms with Crippen molar-refractivity contribution in [1.82, 2.24) is 9.97 Å². The predicted octanol–water partition coefficient (Wildman–Crippen LogP) is 1.11. The summed E-state index contributed by atoms with van der Waals surface area (Å²) in [6, 6.07) is 0.243. The van der Waals surface area contributed by atoms with Gasteiger partial charge in [0.2, 0.25) is 0 Å². The Balaban J connectivity index is 2.00. The molecule has 1 aliphatic carbocycles. The lowest BCUT2D eigenvalue weighted by molar-refractivity contribution is 0.688. The smallest absolute Gasteiger partial charge is 0.132 e. The molecule has 1 unspecified atom stereocenters. The lowest BCUT2D eigenvalue weighted by atomic mass is 10.2. The van der Waals surface area contributed by atoms with Crippen molar-refractivity contribution in [2.24, 2.45) is 5.73 Å². The highest BCUT2D eigenvalue weighted by Crippen LogP contribution is 2.24. The third-order valence-corrected chi connectivity index (χ3v) is 2.77. The van der Waals surface area contributed by atoms with Gasteiger partial charge < -0.3 is 11.1 Å². The molecule has 1 aliphatic rings. The summed E-state index contributed by atoms with van der Waals surface area (Å²) in [4.78, 5) is 8.57. The summed E-state index contributed by atoms with van der Waals surface area (Å²) in [7, 11) is 0. The summed E-state index contributed by atoms with van der Waals surface area (Å²) in [6.45, 7) is 2.91. The maximum Gasteiger partial charge on any atom is 0.132 e. The van der Waals surface area contributed by atoms with Gasteiger partial charge in [0.05, 0.1) is 0 Å². The molecule has 0 aliphatic heterocycles. The van der Waals surface area contributed by atoms with Crippen LogP contribution < -0.4 is 11.1 Å². The third-order valence-electron chi connectivity index (χ3n) is 2.77. The first-order valence-corrected chi connectivity index (χ1v) is 5.59. The molecule has 0 fully saturated rings. The molecule has 0 spiro atoms. The molecule has 0 bridgehead atoms. The fourth-order valence-corrected chi connectivity index (χ4v) is 1.93. The second-order valence-electron chi connectivity index (χ2n) is 4.19. The Morgan fingerprint density at radius 1 is 1.47 bits per heavy atom.